The summed E-state index contributed by atoms with van der Waals surface area (Å²) in [6, 6.07) is 0. The number of carbonyl (C=O) groups excluding carboxylic acids is 1. The van der Waals surface area contributed by atoms with Crippen molar-refractivity contribution in [1.29, 1.82) is 0 Å². The summed E-state index contributed by atoms with van der Waals surface area (Å²) in [5, 5.41) is 12.0. The normalized spacial score (nSPS) is 13.1. The van der Waals surface area contributed by atoms with E-state index >= 15 is 0 Å². The molecular weight excluding hydrogens is 174 g/mol. The molecule has 0 fully saturated rings. The number of amides is 1. The lowest BCUT2D eigenvalue weighted by atomic mass is 10.4. The van der Waals surface area contributed by atoms with Crippen molar-refractivity contribution in [3.63, 3.8) is 0 Å². The topological polar surface area (TPSA) is 49.3 Å². The highest BCUT2D eigenvalue weighted by atomic mass is 32.2. The molecule has 0 spiro atoms. The maximum atomic E-state index is 11.0. The third-order valence-electron chi connectivity index (χ3n) is 1.14. The lowest BCUT2D eigenvalue weighted by Gasteiger charge is -2.07. The third kappa shape index (κ3) is 7.88. The summed E-state index contributed by atoms with van der Waals surface area (Å²) in [6.07, 6.45) is -0.460. The molecule has 0 aromatic carbocycles. The molecule has 0 saturated carbocycles. The van der Waals surface area contributed by atoms with Crippen LogP contribution in [0.4, 0.5) is 0 Å². The summed E-state index contributed by atoms with van der Waals surface area (Å²) in [5.41, 5.74) is 0. The fourth-order valence-electron chi connectivity index (χ4n) is 0.555. The quantitative estimate of drug-likeness (QED) is 0.670. The number of aliphatic hydroxyl groups excluding tert-OH is 1. The van der Waals surface area contributed by atoms with Crippen LogP contribution in [0.1, 0.15) is 20.8 Å². The fraction of sp³-hybridized carbons (Fsp3) is 0.875. The van der Waals surface area contributed by atoms with Crippen molar-refractivity contribution in [2.75, 3.05) is 12.3 Å². The van der Waals surface area contributed by atoms with Crippen LogP contribution in [0.3, 0.4) is 0 Å². The summed E-state index contributed by atoms with van der Waals surface area (Å²) < 4.78 is 0. The number of carbonyl (C=O) groups is 1. The van der Waals surface area contributed by atoms with E-state index in [1.165, 1.54) is 0 Å². The highest BCUT2D eigenvalue weighted by Gasteiger charge is 2.03. The van der Waals surface area contributed by atoms with Crippen LogP contribution < -0.4 is 5.32 Å². The third-order valence-corrected chi connectivity index (χ3v) is 2.24. The number of rotatable bonds is 5. The van der Waals surface area contributed by atoms with Gasteiger partial charge in [-0.25, -0.2) is 0 Å². The van der Waals surface area contributed by atoms with Crippen LogP contribution in [0.15, 0.2) is 0 Å². The zero-order chi connectivity index (χ0) is 9.56. The second-order valence-corrected chi connectivity index (χ2v) is 4.58. The summed E-state index contributed by atoms with van der Waals surface area (Å²) in [7, 11) is 0. The van der Waals surface area contributed by atoms with E-state index in [0.29, 0.717) is 17.5 Å². The highest BCUT2D eigenvalue weighted by Crippen LogP contribution is 2.07. The molecule has 12 heavy (non-hydrogen) atoms. The summed E-state index contributed by atoms with van der Waals surface area (Å²) in [4.78, 5) is 11.0. The van der Waals surface area contributed by atoms with Gasteiger partial charge in [-0.15, -0.1) is 11.8 Å². The first-order chi connectivity index (χ1) is 5.52. The number of thioether (sulfide) groups is 1. The van der Waals surface area contributed by atoms with Gasteiger partial charge in [0.1, 0.15) is 0 Å². The summed E-state index contributed by atoms with van der Waals surface area (Å²) >= 11 is 1.60. The Labute approximate surface area is 77.9 Å². The molecule has 2 N–H and O–H groups in total. The molecule has 0 aliphatic rings. The standard InChI is InChI=1S/C8H17NO2S/c1-6(2)12-5-8(11)9-4-7(3)10/h6-7,10H,4-5H2,1-3H3,(H,9,11). The molecule has 0 aromatic heterocycles. The zero-order valence-corrected chi connectivity index (χ0v) is 8.65. The van der Waals surface area contributed by atoms with Gasteiger partial charge < -0.3 is 10.4 Å². The van der Waals surface area contributed by atoms with Gasteiger partial charge >= 0.3 is 0 Å². The Kier molecular flexibility index (Phi) is 6.20. The van der Waals surface area contributed by atoms with Crippen LogP contribution in [-0.2, 0) is 4.79 Å². The van der Waals surface area contributed by atoms with Crippen molar-refractivity contribution < 1.29 is 9.90 Å². The Hall–Kier alpha value is -0.220. The Morgan fingerprint density at radius 2 is 2.08 bits per heavy atom. The van der Waals surface area contributed by atoms with E-state index in [1.807, 2.05) is 13.8 Å². The monoisotopic (exact) mass is 191 g/mol. The molecule has 1 atom stereocenters. The molecule has 0 bridgehead atoms. The number of hydrogen-bond acceptors (Lipinski definition) is 3. The van der Waals surface area contributed by atoms with Gasteiger partial charge in [-0.05, 0) is 12.2 Å². The first kappa shape index (κ1) is 11.8. The van der Waals surface area contributed by atoms with E-state index in [0.717, 1.165) is 0 Å². The SMILES string of the molecule is CC(O)CNC(=O)CSC(C)C. The van der Waals surface area contributed by atoms with Crippen LogP contribution in [0.2, 0.25) is 0 Å². The molecule has 0 aliphatic heterocycles. The largest absolute Gasteiger partial charge is 0.392 e. The van der Waals surface area contributed by atoms with Crippen molar-refractivity contribution in [3.8, 4) is 0 Å². The predicted molar refractivity (Wildman–Crippen MR) is 52.3 cm³/mol. The van der Waals surface area contributed by atoms with Crippen LogP contribution in [0.25, 0.3) is 0 Å². The molecule has 0 rings (SSSR count). The molecule has 0 aliphatic carbocycles. The van der Waals surface area contributed by atoms with Gasteiger partial charge in [0.25, 0.3) is 0 Å². The second kappa shape index (κ2) is 6.31. The fourth-order valence-corrected chi connectivity index (χ4v) is 1.14. The Morgan fingerprint density at radius 3 is 2.50 bits per heavy atom. The molecule has 3 nitrogen and oxygen atoms in total. The minimum absolute atomic E-state index is 0.00500. The molecule has 0 radical (unpaired) electrons. The van der Waals surface area contributed by atoms with Crippen LogP contribution in [0.5, 0.6) is 0 Å². The molecule has 0 aromatic rings. The molecule has 1 amide bonds. The lowest BCUT2D eigenvalue weighted by Crippen LogP contribution is -2.32. The van der Waals surface area contributed by atoms with E-state index in [1.54, 1.807) is 18.7 Å². The highest BCUT2D eigenvalue weighted by molar-refractivity contribution is 8.00. The van der Waals surface area contributed by atoms with Gasteiger partial charge in [-0.2, -0.15) is 0 Å². The number of hydrogen-bond donors (Lipinski definition) is 2. The van der Waals surface area contributed by atoms with Gasteiger partial charge in [0.05, 0.1) is 11.9 Å². The maximum absolute atomic E-state index is 11.0. The molecule has 4 heteroatoms. The van der Waals surface area contributed by atoms with Crippen molar-refractivity contribution in [2.45, 2.75) is 32.1 Å². The first-order valence-electron chi connectivity index (χ1n) is 4.08. The van der Waals surface area contributed by atoms with E-state index in [4.69, 9.17) is 5.11 Å². The summed E-state index contributed by atoms with van der Waals surface area (Å²) in [6.45, 7) is 6.09. The Balaban J connectivity index is 3.34. The van der Waals surface area contributed by atoms with E-state index in [-0.39, 0.29) is 5.91 Å². The number of aliphatic hydroxyl groups is 1. The predicted octanol–water partition coefficient (Wildman–Crippen LogP) is 0.625. The van der Waals surface area contributed by atoms with Crippen molar-refractivity contribution >= 4 is 17.7 Å². The number of nitrogens with one attached hydrogen (secondary N) is 1. The van der Waals surface area contributed by atoms with Crippen LogP contribution in [-0.4, -0.2) is 34.7 Å². The molecule has 1 unspecified atom stereocenters. The van der Waals surface area contributed by atoms with Gasteiger partial charge in [-0.3, -0.25) is 4.79 Å². The van der Waals surface area contributed by atoms with Crippen molar-refractivity contribution in [2.24, 2.45) is 0 Å². The molecule has 0 heterocycles. The first-order valence-corrected chi connectivity index (χ1v) is 5.13. The van der Waals surface area contributed by atoms with E-state index in [9.17, 15) is 4.79 Å². The summed E-state index contributed by atoms with van der Waals surface area (Å²) in [5.74, 6) is 0.472. The average molecular weight is 191 g/mol. The minimum atomic E-state index is -0.460. The Bertz CT molecular complexity index is 123. The maximum Gasteiger partial charge on any atom is 0.230 e. The van der Waals surface area contributed by atoms with E-state index < -0.39 is 6.10 Å². The minimum Gasteiger partial charge on any atom is -0.392 e. The Morgan fingerprint density at radius 1 is 1.50 bits per heavy atom. The van der Waals surface area contributed by atoms with Gasteiger partial charge in [0.15, 0.2) is 0 Å². The zero-order valence-electron chi connectivity index (χ0n) is 7.83. The van der Waals surface area contributed by atoms with Crippen LogP contribution >= 0.6 is 11.8 Å². The van der Waals surface area contributed by atoms with E-state index in [2.05, 4.69) is 5.32 Å². The average Bonchev–Trinajstić information content (AvgIpc) is 1.96. The molecule has 72 valence electrons. The van der Waals surface area contributed by atoms with Crippen molar-refractivity contribution in [1.82, 2.24) is 5.32 Å². The molecule has 0 saturated heterocycles. The van der Waals surface area contributed by atoms with Gasteiger partial charge in [0, 0.05) is 6.54 Å². The van der Waals surface area contributed by atoms with Crippen LogP contribution in [0, 0.1) is 0 Å². The lowest BCUT2D eigenvalue weighted by molar-refractivity contribution is -0.118. The second-order valence-electron chi connectivity index (χ2n) is 3.01. The molecular formula is C8H17NO2S. The van der Waals surface area contributed by atoms with Gasteiger partial charge in [0.2, 0.25) is 5.91 Å². The smallest absolute Gasteiger partial charge is 0.230 e. The van der Waals surface area contributed by atoms with Gasteiger partial charge in [-0.1, -0.05) is 13.8 Å². The van der Waals surface area contributed by atoms with Crippen molar-refractivity contribution in [3.05, 3.63) is 0 Å².